The van der Waals surface area contributed by atoms with Gasteiger partial charge in [0, 0.05) is 0 Å². The number of rotatable bonds is 1. The number of aryl methyl sites for hydroxylation is 1. The number of benzene rings is 2. The minimum Gasteiger partial charge on any atom is -0.166 e. The van der Waals surface area contributed by atoms with Crippen LogP contribution in [0.2, 0.25) is 0 Å². The Labute approximate surface area is 154 Å². The molecule has 0 saturated heterocycles. The van der Waals surface area contributed by atoms with Crippen molar-refractivity contribution in [3.05, 3.63) is 58.1 Å². The van der Waals surface area contributed by atoms with Crippen LogP contribution in [0, 0.1) is 6.92 Å². The molecule has 2 aromatic rings. The maximum atomic E-state index is 13.4. The van der Waals surface area contributed by atoms with Gasteiger partial charge in [-0.15, -0.1) is 0 Å². The second kappa shape index (κ2) is 6.84. The van der Waals surface area contributed by atoms with Crippen molar-refractivity contribution < 1.29 is 52.7 Å². The average Bonchev–Trinajstić information content (AvgIpc) is 2.50. The first kappa shape index (κ1) is 22.9. The summed E-state index contributed by atoms with van der Waals surface area (Å²) in [6.07, 6.45) is -21.5. The molecule has 160 valence electrons. The lowest BCUT2D eigenvalue weighted by atomic mass is 9.88. The SMILES string of the molecule is Cc1cc(C(F)(F)F)cc(C(F)(F)F)c1-c1ccc(C(F)(F)F)cc1C(F)(F)F. The minimum absolute atomic E-state index is 0.127. The monoisotopic (exact) mass is 440 g/mol. The first-order valence-electron chi connectivity index (χ1n) is 7.41. The molecule has 0 atom stereocenters. The van der Waals surface area contributed by atoms with E-state index < -0.39 is 63.6 Å². The molecule has 2 aromatic carbocycles. The van der Waals surface area contributed by atoms with Crippen LogP contribution in [-0.4, -0.2) is 0 Å². The summed E-state index contributed by atoms with van der Waals surface area (Å²) in [7, 11) is 0. The first-order valence-corrected chi connectivity index (χ1v) is 7.41. The maximum absolute atomic E-state index is 13.4. The molecule has 0 amide bonds. The highest BCUT2D eigenvalue weighted by atomic mass is 19.4. The molecule has 0 nitrogen and oxygen atoms in total. The molecule has 0 bridgehead atoms. The molecule has 0 radical (unpaired) electrons. The Morgan fingerprint density at radius 2 is 0.966 bits per heavy atom. The van der Waals surface area contributed by atoms with Crippen LogP contribution in [0.15, 0.2) is 30.3 Å². The van der Waals surface area contributed by atoms with Gasteiger partial charge in [0.1, 0.15) is 0 Å². The van der Waals surface area contributed by atoms with Gasteiger partial charge >= 0.3 is 24.7 Å². The van der Waals surface area contributed by atoms with Gasteiger partial charge < -0.3 is 0 Å². The van der Waals surface area contributed by atoms with Crippen LogP contribution < -0.4 is 0 Å². The van der Waals surface area contributed by atoms with Crippen molar-refractivity contribution in [1.82, 2.24) is 0 Å². The van der Waals surface area contributed by atoms with E-state index in [4.69, 9.17) is 0 Å². The largest absolute Gasteiger partial charge is 0.417 e. The highest BCUT2D eigenvalue weighted by molar-refractivity contribution is 5.76. The third kappa shape index (κ3) is 4.78. The lowest BCUT2D eigenvalue weighted by molar-refractivity contribution is -0.145. The zero-order valence-corrected chi connectivity index (χ0v) is 13.9. The number of hydrogen-bond donors (Lipinski definition) is 0. The van der Waals surface area contributed by atoms with E-state index in [2.05, 4.69) is 0 Å². The van der Waals surface area contributed by atoms with Crippen molar-refractivity contribution in [2.24, 2.45) is 0 Å². The summed E-state index contributed by atoms with van der Waals surface area (Å²) >= 11 is 0. The molecular formula is C17H8F12. The van der Waals surface area contributed by atoms with Crippen LogP contribution in [0.5, 0.6) is 0 Å². The summed E-state index contributed by atoms with van der Waals surface area (Å²) in [6, 6.07) is -0.270. The molecule has 29 heavy (non-hydrogen) atoms. The number of halogens is 12. The van der Waals surface area contributed by atoms with Gasteiger partial charge in [-0.1, -0.05) is 6.07 Å². The van der Waals surface area contributed by atoms with Gasteiger partial charge in [0.2, 0.25) is 0 Å². The number of hydrogen-bond acceptors (Lipinski definition) is 0. The molecular weight excluding hydrogens is 432 g/mol. The second-order valence-electron chi connectivity index (χ2n) is 5.97. The Bertz CT molecular complexity index is 910. The minimum atomic E-state index is -5.51. The van der Waals surface area contributed by atoms with Gasteiger partial charge in [-0.25, -0.2) is 0 Å². The van der Waals surface area contributed by atoms with Crippen LogP contribution in [0.25, 0.3) is 11.1 Å². The molecule has 0 saturated carbocycles. The Balaban J connectivity index is 2.94. The molecule has 2 rings (SSSR count). The van der Waals surface area contributed by atoms with Crippen molar-refractivity contribution >= 4 is 0 Å². The summed E-state index contributed by atoms with van der Waals surface area (Å²) in [6.45, 7) is 0.706. The molecule has 0 unspecified atom stereocenters. The van der Waals surface area contributed by atoms with Crippen molar-refractivity contribution in [3.63, 3.8) is 0 Å². The second-order valence-corrected chi connectivity index (χ2v) is 5.97. The smallest absolute Gasteiger partial charge is 0.166 e. The normalized spacial score (nSPS) is 13.7. The van der Waals surface area contributed by atoms with Crippen molar-refractivity contribution in [2.75, 3.05) is 0 Å². The van der Waals surface area contributed by atoms with Crippen LogP contribution in [0.1, 0.15) is 27.8 Å². The van der Waals surface area contributed by atoms with Crippen LogP contribution in [0.3, 0.4) is 0 Å². The third-order valence-electron chi connectivity index (χ3n) is 3.89. The Kier molecular flexibility index (Phi) is 5.40. The first-order chi connectivity index (χ1) is 12.8. The predicted octanol–water partition coefficient (Wildman–Crippen LogP) is 7.74. The Morgan fingerprint density at radius 1 is 0.517 bits per heavy atom. The van der Waals surface area contributed by atoms with E-state index in [0.717, 1.165) is 0 Å². The van der Waals surface area contributed by atoms with Crippen LogP contribution in [0.4, 0.5) is 52.7 Å². The molecule has 0 aliphatic carbocycles. The van der Waals surface area contributed by atoms with Crippen LogP contribution in [-0.2, 0) is 24.7 Å². The van der Waals surface area contributed by atoms with Crippen molar-refractivity contribution in [1.29, 1.82) is 0 Å². The third-order valence-corrected chi connectivity index (χ3v) is 3.89. The summed E-state index contributed by atoms with van der Waals surface area (Å²) < 4.78 is 157. The molecule has 0 heterocycles. The number of alkyl halides is 12. The average molecular weight is 440 g/mol. The molecule has 0 aliphatic rings. The molecule has 0 aromatic heterocycles. The van der Waals surface area contributed by atoms with Gasteiger partial charge in [0.15, 0.2) is 0 Å². The van der Waals surface area contributed by atoms with Gasteiger partial charge in [-0.3, -0.25) is 0 Å². The quantitative estimate of drug-likeness (QED) is 0.398. The lowest BCUT2D eigenvalue weighted by Crippen LogP contribution is -2.16. The topological polar surface area (TPSA) is 0 Å². The predicted molar refractivity (Wildman–Crippen MR) is 76.6 cm³/mol. The van der Waals surface area contributed by atoms with Crippen molar-refractivity contribution in [3.8, 4) is 11.1 Å². The summed E-state index contributed by atoms with van der Waals surface area (Å²) in [5.41, 5.74) is -11.1. The highest BCUT2D eigenvalue weighted by Gasteiger charge is 2.43. The van der Waals surface area contributed by atoms with E-state index >= 15 is 0 Å². The fraction of sp³-hybridized carbons (Fsp3) is 0.294. The Hall–Kier alpha value is -2.40. The maximum Gasteiger partial charge on any atom is 0.417 e. The van der Waals surface area contributed by atoms with E-state index in [0.29, 0.717) is 6.92 Å². The fourth-order valence-corrected chi connectivity index (χ4v) is 2.71. The molecule has 0 spiro atoms. The van der Waals surface area contributed by atoms with E-state index in [9.17, 15) is 52.7 Å². The summed E-state index contributed by atoms with van der Waals surface area (Å²) in [5, 5.41) is 0. The zero-order valence-electron chi connectivity index (χ0n) is 13.9. The fourth-order valence-electron chi connectivity index (χ4n) is 2.71. The van der Waals surface area contributed by atoms with Gasteiger partial charge in [0.05, 0.1) is 22.3 Å². The zero-order chi connectivity index (χ0) is 22.6. The molecule has 12 heteroatoms. The summed E-state index contributed by atoms with van der Waals surface area (Å²) in [5.74, 6) is 0. The van der Waals surface area contributed by atoms with Crippen LogP contribution >= 0.6 is 0 Å². The molecule has 0 N–H and O–H groups in total. The van der Waals surface area contributed by atoms with E-state index in [1.807, 2.05) is 0 Å². The standard InChI is InChI=1S/C17H8F12/c1-7-4-9(15(21,22)23)6-12(17(27,28)29)13(7)10-3-2-8(14(18,19)20)5-11(10)16(24,25)26/h2-6H,1H3. The Morgan fingerprint density at radius 3 is 1.38 bits per heavy atom. The van der Waals surface area contributed by atoms with Gasteiger partial charge in [-0.2, -0.15) is 52.7 Å². The van der Waals surface area contributed by atoms with Gasteiger partial charge in [-0.05, 0) is 47.9 Å². The van der Waals surface area contributed by atoms with Crippen molar-refractivity contribution in [2.45, 2.75) is 31.6 Å². The molecule has 0 aliphatic heterocycles. The van der Waals surface area contributed by atoms with E-state index in [1.165, 1.54) is 0 Å². The van der Waals surface area contributed by atoms with Gasteiger partial charge in [0.25, 0.3) is 0 Å². The van der Waals surface area contributed by atoms with E-state index in [1.54, 1.807) is 0 Å². The lowest BCUT2D eigenvalue weighted by Gasteiger charge is -2.22. The van der Waals surface area contributed by atoms with E-state index in [-0.39, 0.29) is 30.3 Å². The highest BCUT2D eigenvalue weighted by Crippen LogP contribution is 2.47. The summed E-state index contributed by atoms with van der Waals surface area (Å²) in [4.78, 5) is 0. The molecule has 0 fully saturated rings.